The quantitative estimate of drug-likeness (QED) is 0.842. The molecule has 2 rings (SSSR count). The molecule has 2 unspecified atom stereocenters. The molecule has 3 heteroatoms. The maximum atomic E-state index is 3.71. The number of nitrogens with zero attached hydrogens (tertiary/aromatic N) is 2. The molecule has 2 aliphatic heterocycles. The number of rotatable bonds is 4. The van der Waals surface area contributed by atoms with Gasteiger partial charge in [-0.2, -0.15) is 0 Å². The Kier molecular flexibility index (Phi) is 5.67. The van der Waals surface area contributed by atoms with Gasteiger partial charge in [0.05, 0.1) is 0 Å². The lowest BCUT2D eigenvalue weighted by molar-refractivity contribution is 0.0412. The molecule has 3 nitrogen and oxygen atoms in total. The van der Waals surface area contributed by atoms with E-state index in [1.54, 1.807) is 0 Å². The Morgan fingerprint density at radius 2 is 1.89 bits per heavy atom. The lowest BCUT2D eigenvalue weighted by Gasteiger charge is -2.47. The summed E-state index contributed by atoms with van der Waals surface area (Å²) in [4.78, 5) is 5.44. The van der Waals surface area contributed by atoms with Gasteiger partial charge in [0, 0.05) is 31.2 Å². The first-order valence-electron chi connectivity index (χ1n) is 8.33. The number of piperazine rings is 1. The molecule has 0 aromatic carbocycles. The van der Waals surface area contributed by atoms with Crippen molar-refractivity contribution in [3.8, 4) is 0 Å². The summed E-state index contributed by atoms with van der Waals surface area (Å²) in [5.41, 5.74) is 0. The molecule has 2 heterocycles. The molecule has 1 N–H and O–H groups in total. The first-order chi connectivity index (χ1) is 9.11. The van der Waals surface area contributed by atoms with Crippen LogP contribution in [0.25, 0.3) is 0 Å². The largest absolute Gasteiger partial charge is 0.311 e. The summed E-state index contributed by atoms with van der Waals surface area (Å²) in [6.07, 6.45) is 4.04. The molecule has 0 amide bonds. The Morgan fingerprint density at radius 1 is 1.21 bits per heavy atom. The molecule has 0 spiro atoms. The van der Waals surface area contributed by atoms with E-state index in [4.69, 9.17) is 0 Å². The molecule has 2 aliphatic rings. The predicted octanol–water partition coefficient (Wildman–Crippen LogP) is 2.18. The summed E-state index contributed by atoms with van der Waals surface area (Å²) in [6.45, 7) is 15.7. The molecule has 2 saturated heterocycles. The Labute approximate surface area is 119 Å². The van der Waals surface area contributed by atoms with Crippen LogP contribution in [-0.4, -0.2) is 60.6 Å². The molecule has 0 bridgehead atoms. The maximum absolute atomic E-state index is 3.71. The Hall–Kier alpha value is -0.120. The molecule has 2 atom stereocenters. The van der Waals surface area contributed by atoms with E-state index in [0.29, 0.717) is 12.1 Å². The highest BCUT2D eigenvalue weighted by Crippen LogP contribution is 2.22. The summed E-state index contributed by atoms with van der Waals surface area (Å²) in [5.74, 6) is 0.746. The maximum Gasteiger partial charge on any atom is 0.0218 e. The van der Waals surface area contributed by atoms with E-state index in [-0.39, 0.29) is 0 Å². The topological polar surface area (TPSA) is 18.5 Å². The lowest BCUT2D eigenvalue weighted by atomic mass is 9.95. The van der Waals surface area contributed by atoms with Crippen LogP contribution in [0.5, 0.6) is 0 Å². The van der Waals surface area contributed by atoms with Gasteiger partial charge in [0.2, 0.25) is 0 Å². The number of nitrogens with one attached hydrogen (secondary N) is 1. The van der Waals surface area contributed by atoms with Gasteiger partial charge in [-0.05, 0) is 51.7 Å². The van der Waals surface area contributed by atoms with Gasteiger partial charge >= 0.3 is 0 Å². The van der Waals surface area contributed by atoms with Crippen LogP contribution >= 0.6 is 0 Å². The number of hydrogen-bond acceptors (Lipinski definition) is 3. The first-order valence-corrected chi connectivity index (χ1v) is 8.33. The smallest absolute Gasteiger partial charge is 0.0218 e. The zero-order chi connectivity index (χ0) is 13.8. The normalized spacial score (nSPS) is 32.1. The fourth-order valence-electron chi connectivity index (χ4n) is 3.66. The highest BCUT2D eigenvalue weighted by atomic mass is 15.3. The van der Waals surface area contributed by atoms with E-state index >= 15 is 0 Å². The summed E-state index contributed by atoms with van der Waals surface area (Å²) < 4.78 is 0. The van der Waals surface area contributed by atoms with Crippen molar-refractivity contribution in [2.24, 2.45) is 5.92 Å². The Balaban J connectivity index is 1.86. The van der Waals surface area contributed by atoms with Crippen LogP contribution in [-0.2, 0) is 0 Å². The van der Waals surface area contributed by atoms with Crippen LogP contribution in [0.4, 0.5) is 0 Å². The van der Waals surface area contributed by atoms with E-state index in [2.05, 4.69) is 42.8 Å². The van der Waals surface area contributed by atoms with E-state index in [0.717, 1.165) is 18.5 Å². The minimum atomic E-state index is 0.685. The second-order valence-corrected chi connectivity index (χ2v) is 6.88. The number of likely N-dealkylation sites (tertiary alicyclic amines) is 1. The second-order valence-electron chi connectivity index (χ2n) is 6.88. The summed E-state index contributed by atoms with van der Waals surface area (Å²) in [5, 5.41) is 3.71. The Morgan fingerprint density at radius 3 is 2.47 bits per heavy atom. The molecule has 0 aromatic heterocycles. The van der Waals surface area contributed by atoms with Crippen LogP contribution in [0.15, 0.2) is 0 Å². The van der Waals surface area contributed by atoms with E-state index in [9.17, 15) is 0 Å². The first kappa shape index (κ1) is 15.3. The third-order valence-electron chi connectivity index (χ3n) is 5.02. The van der Waals surface area contributed by atoms with Crippen molar-refractivity contribution in [3.63, 3.8) is 0 Å². The fourth-order valence-corrected chi connectivity index (χ4v) is 3.66. The fraction of sp³-hybridized carbons (Fsp3) is 1.00. The standard InChI is InChI=1S/C16H33N3/c1-5-8-18-9-6-15(7-10-18)19-12-16(13(2)3)17-11-14(19)4/h13-17H,5-12H2,1-4H3. The van der Waals surface area contributed by atoms with Crippen LogP contribution < -0.4 is 5.32 Å². The Bertz CT molecular complexity index is 259. The summed E-state index contributed by atoms with van der Waals surface area (Å²) >= 11 is 0. The second kappa shape index (κ2) is 7.05. The van der Waals surface area contributed by atoms with Crippen LogP contribution in [0.2, 0.25) is 0 Å². The van der Waals surface area contributed by atoms with E-state index < -0.39 is 0 Å². The van der Waals surface area contributed by atoms with Crippen LogP contribution in [0, 0.1) is 5.92 Å². The third-order valence-corrected chi connectivity index (χ3v) is 5.02. The molecule has 19 heavy (non-hydrogen) atoms. The van der Waals surface area contributed by atoms with E-state index in [1.165, 1.54) is 45.4 Å². The van der Waals surface area contributed by atoms with Crippen molar-refractivity contribution in [3.05, 3.63) is 0 Å². The molecule has 2 fully saturated rings. The zero-order valence-corrected chi connectivity index (χ0v) is 13.4. The molecular weight excluding hydrogens is 234 g/mol. The van der Waals surface area contributed by atoms with Crippen molar-refractivity contribution in [1.82, 2.24) is 15.1 Å². The monoisotopic (exact) mass is 267 g/mol. The molecule has 0 aliphatic carbocycles. The van der Waals surface area contributed by atoms with Gasteiger partial charge in [-0.25, -0.2) is 0 Å². The average Bonchev–Trinajstić information content (AvgIpc) is 2.40. The third kappa shape index (κ3) is 3.93. The van der Waals surface area contributed by atoms with Gasteiger partial charge in [-0.15, -0.1) is 0 Å². The zero-order valence-electron chi connectivity index (χ0n) is 13.4. The minimum Gasteiger partial charge on any atom is -0.311 e. The van der Waals surface area contributed by atoms with Crippen LogP contribution in [0.1, 0.15) is 47.0 Å². The average molecular weight is 267 g/mol. The molecule has 0 saturated carbocycles. The van der Waals surface area contributed by atoms with Crippen molar-refractivity contribution in [2.45, 2.75) is 65.1 Å². The summed E-state index contributed by atoms with van der Waals surface area (Å²) in [6, 6.07) is 2.22. The van der Waals surface area contributed by atoms with Gasteiger partial charge in [-0.1, -0.05) is 20.8 Å². The van der Waals surface area contributed by atoms with Crippen molar-refractivity contribution in [2.75, 3.05) is 32.7 Å². The molecule has 0 aromatic rings. The summed E-state index contributed by atoms with van der Waals surface area (Å²) in [7, 11) is 0. The van der Waals surface area contributed by atoms with Crippen LogP contribution in [0.3, 0.4) is 0 Å². The highest BCUT2D eigenvalue weighted by molar-refractivity contribution is 4.91. The predicted molar refractivity (Wildman–Crippen MR) is 82.5 cm³/mol. The van der Waals surface area contributed by atoms with Gasteiger partial charge < -0.3 is 10.2 Å². The van der Waals surface area contributed by atoms with Gasteiger partial charge in [0.15, 0.2) is 0 Å². The lowest BCUT2D eigenvalue weighted by Crippen LogP contribution is -2.61. The number of hydrogen-bond donors (Lipinski definition) is 1. The molecule has 0 radical (unpaired) electrons. The van der Waals surface area contributed by atoms with Crippen molar-refractivity contribution in [1.29, 1.82) is 0 Å². The van der Waals surface area contributed by atoms with E-state index in [1.807, 2.05) is 0 Å². The van der Waals surface area contributed by atoms with Gasteiger partial charge in [0.25, 0.3) is 0 Å². The minimum absolute atomic E-state index is 0.685. The highest BCUT2D eigenvalue weighted by Gasteiger charge is 2.33. The van der Waals surface area contributed by atoms with Gasteiger partial charge in [-0.3, -0.25) is 4.90 Å². The molecular formula is C16H33N3. The molecule has 112 valence electrons. The number of piperidine rings is 1. The van der Waals surface area contributed by atoms with Gasteiger partial charge in [0.1, 0.15) is 0 Å². The van der Waals surface area contributed by atoms with Crippen molar-refractivity contribution >= 4 is 0 Å². The van der Waals surface area contributed by atoms with Crippen molar-refractivity contribution < 1.29 is 0 Å². The SMILES string of the molecule is CCCN1CCC(N2CC(C(C)C)NCC2C)CC1.